The fourth-order valence-corrected chi connectivity index (χ4v) is 2.77. The van der Waals surface area contributed by atoms with Gasteiger partial charge in [0.15, 0.2) is 0 Å². The predicted octanol–water partition coefficient (Wildman–Crippen LogP) is 2.46. The number of amides is 3. The summed E-state index contributed by atoms with van der Waals surface area (Å²) < 4.78 is 10.5. The van der Waals surface area contributed by atoms with E-state index in [2.05, 4.69) is 26.0 Å². The van der Waals surface area contributed by atoms with Crippen LogP contribution < -0.4 is 22.5 Å². The monoisotopic (exact) mass is 536 g/mol. The van der Waals surface area contributed by atoms with E-state index in [1.54, 1.807) is 57.2 Å². The number of nitrogens with one attached hydrogen (secondary N) is 1. The van der Waals surface area contributed by atoms with E-state index in [4.69, 9.17) is 21.9 Å². The Morgan fingerprint density at radius 1 is 0.882 bits per heavy atom. The van der Waals surface area contributed by atoms with Crippen LogP contribution in [0, 0.1) is 0 Å². The highest BCUT2D eigenvalue weighted by molar-refractivity contribution is 9.10. The molecule has 184 valence electrons. The van der Waals surface area contributed by atoms with Gasteiger partial charge in [-0.25, -0.2) is 9.59 Å². The first-order valence-electron chi connectivity index (χ1n) is 10.0. The number of alkyl carbamates (subject to hydrolysis) is 1. The molecule has 10 nitrogen and oxygen atoms in total. The van der Waals surface area contributed by atoms with Gasteiger partial charge in [0.05, 0.1) is 12.7 Å². The molecule has 2 rings (SSSR count). The van der Waals surface area contributed by atoms with Gasteiger partial charge < -0.3 is 32.0 Å². The van der Waals surface area contributed by atoms with Crippen LogP contribution in [0.15, 0.2) is 53.0 Å². The van der Waals surface area contributed by atoms with Crippen molar-refractivity contribution >= 4 is 39.8 Å². The molecule has 2 aromatic carbocycles. The first-order chi connectivity index (χ1) is 15.7. The minimum absolute atomic E-state index is 0.401. The average molecular weight is 537 g/mol. The topological polar surface area (TPSA) is 177 Å². The van der Waals surface area contributed by atoms with Crippen molar-refractivity contribution in [3.63, 3.8) is 0 Å². The Balaban J connectivity index is 0.000000350. The minimum atomic E-state index is -0.914. The Morgan fingerprint density at radius 2 is 1.38 bits per heavy atom. The fourth-order valence-electron chi connectivity index (χ4n) is 2.51. The molecule has 2 aromatic rings. The van der Waals surface area contributed by atoms with Gasteiger partial charge in [-0.3, -0.25) is 9.59 Å². The lowest BCUT2D eigenvalue weighted by Crippen LogP contribution is -2.40. The lowest BCUT2D eigenvalue weighted by molar-refractivity contribution is -0.120. The molecule has 7 N–H and O–H groups in total. The molecule has 0 fully saturated rings. The van der Waals surface area contributed by atoms with Gasteiger partial charge in [0.25, 0.3) is 0 Å². The number of nitrogens with two attached hydrogens (primary N) is 3. The first-order valence-corrected chi connectivity index (χ1v) is 10.8. The summed E-state index contributed by atoms with van der Waals surface area (Å²) in [6, 6.07) is 11.4. The Morgan fingerprint density at radius 3 is 1.79 bits per heavy atom. The van der Waals surface area contributed by atoms with Crippen LogP contribution in [0.5, 0.6) is 0 Å². The van der Waals surface area contributed by atoms with Crippen molar-refractivity contribution in [2.24, 2.45) is 17.2 Å². The number of primary amides is 2. The molecule has 11 heteroatoms. The average Bonchev–Trinajstić information content (AvgIpc) is 2.76. The van der Waals surface area contributed by atoms with Crippen molar-refractivity contribution in [2.45, 2.75) is 38.5 Å². The summed E-state index contributed by atoms with van der Waals surface area (Å²) in [5.74, 6) is -1.69. The first kappa shape index (κ1) is 28.6. The highest BCUT2D eigenvalue weighted by Gasteiger charge is 2.24. The normalized spacial score (nSPS) is 12.3. The molecule has 2 atom stereocenters. The number of rotatable bonds is 6. The molecule has 0 spiro atoms. The van der Waals surface area contributed by atoms with Gasteiger partial charge in [0.1, 0.15) is 17.7 Å². The van der Waals surface area contributed by atoms with Crippen molar-refractivity contribution in [3.05, 3.63) is 69.7 Å². The molecular weight excluding hydrogens is 508 g/mol. The number of hydrogen-bond acceptors (Lipinski definition) is 7. The zero-order chi connectivity index (χ0) is 26.1. The summed E-state index contributed by atoms with van der Waals surface area (Å²) in [6.45, 7) is 5.22. The maximum Gasteiger partial charge on any atom is 0.408 e. The van der Waals surface area contributed by atoms with Gasteiger partial charge in [0, 0.05) is 4.47 Å². The number of ether oxygens (including phenoxy) is 2. The third kappa shape index (κ3) is 9.59. The SMILES string of the molecule is CC(C)(C)OC(=O)N[C@@H](C(N)=O)c1ccc(Br)cc1.COC(=O)c1ccc([C@@H](N)C(N)=O)cc1. The number of hydrogen-bond donors (Lipinski definition) is 4. The molecule has 0 aliphatic heterocycles. The number of halogens is 1. The van der Waals surface area contributed by atoms with Crippen LogP contribution in [0.25, 0.3) is 0 Å². The van der Waals surface area contributed by atoms with E-state index in [1.165, 1.54) is 19.2 Å². The second-order valence-electron chi connectivity index (χ2n) is 8.03. The van der Waals surface area contributed by atoms with Crippen molar-refractivity contribution in [3.8, 4) is 0 Å². The lowest BCUT2D eigenvalue weighted by Gasteiger charge is -2.22. The minimum Gasteiger partial charge on any atom is -0.465 e. The van der Waals surface area contributed by atoms with Crippen LogP contribution >= 0.6 is 15.9 Å². The second kappa shape index (κ2) is 12.7. The maximum absolute atomic E-state index is 11.7. The van der Waals surface area contributed by atoms with Gasteiger partial charge in [-0.2, -0.15) is 0 Å². The summed E-state index contributed by atoms with van der Waals surface area (Å²) in [6.07, 6.45) is -0.681. The molecule has 34 heavy (non-hydrogen) atoms. The predicted molar refractivity (Wildman–Crippen MR) is 129 cm³/mol. The summed E-state index contributed by atoms with van der Waals surface area (Å²) in [4.78, 5) is 45.0. The number of carbonyl (C=O) groups excluding carboxylic acids is 4. The Hall–Kier alpha value is -3.44. The summed E-state index contributed by atoms with van der Waals surface area (Å²) >= 11 is 3.29. The molecule has 3 amide bonds. The van der Waals surface area contributed by atoms with Gasteiger partial charge >= 0.3 is 12.1 Å². The van der Waals surface area contributed by atoms with Crippen LogP contribution in [-0.2, 0) is 19.1 Å². The molecule has 0 unspecified atom stereocenters. The Kier molecular flexibility index (Phi) is 10.7. The largest absolute Gasteiger partial charge is 0.465 e. The van der Waals surface area contributed by atoms with Crippen molar-refractivity contribution in [1.29, 1.82) is 0 Å². The van der Waals surface area contributed by atoms with Gasteiger partial charge in [-0.15, -0.1) is 0 Å². The molecule has 0 saturated heterocycles. The third-order valence-corrected chi connectivity index (χ3v) is 4.68. The molecule has 0 heterocycles. The van der Waals surface area contributed by atoms with E-state index in [9.17, 15) is 19.2 Å². The number of carbonyl (C=O) groups is 4. The van der Waals surface area contributed by atoms with Gasteiger partial charge in [-0.05, 0) is 56.2 Å². The quantitative estimate of drug-likeness (QED) is 0.409. The van der Waals surface area contributed by atoms with Crippen molar-refractivity contribution < 1.29 is 28.7 Å². The number of benzene rings is 2. The van der Waals surface area contributed by atoms with Crippen LogP contribution in [0.3, 0.4) is 0 Å². The lowest BCUT2D eigenvalue weighted by atomic mass is 10.1. The van der Waals surface area contributed by atoms with Crippen molar-refractivity contribution in [2.75, 3.05) is 7.11 Å². The summed E-state index contributed by atoms with van der Waals surface area (Å²) in [7, 11) is 1.30. The van der Waals surface area contributed by atoms with Gasteiger partial charge in [-0.1, -0.05) is 40.2 Å². The van der Waals surface area contributed by atoms with Gasteiger partial charge in [0.2, 0.25) is 11.8 Å². The smallest absolute Gasteiger partial charge is 0.408 e. The molecule has 0 aliphatic carbocycles. The van der Waals surface area contributed by atoms with Crippen LogP contribution in [0.2, 0.25) is 0 Å². The van der Waals surface area contributed by atoms with E-state index < -0.39 is 41.6 Å². The summed E-state index contributed by atoms with van der Waals surface area (Å²) in [5.41, 5.74) is 16.8. The fraction of sp³-hybridized carbons (Fsp3) is 0.304. The second-order valence-corrected chi connectivity index (χ2v) is 8.94. The van der Waals surface area contributed by atoms with Crippen LogP contribution in [-0.4, -0.2) is 36.6 Å². The van der Waals surface area contributed by atoms with Crippen molar-refractivity contribution in [1.82, 2.24) is 5.32 Å². The van der Waals surface area contributed by atoms with E-state index in [0.717, 1.165) is 4.47 Å². The highest BCUT2D eigenvalue weighted by Crippen LogP contribution is 2.18. The van der Waals surface area contributed by atoms with Crippen LogP contribution in [0.4, 0.5) is 4.79 Å². The Labute approximate surface area is 206 Å². The summed E-state index contributed by atoms with van der Waals surface area (Å²) in [5, 5.41) is 2.46. The van der Waals surface area contributed by atoms with Crippen LogP contribution in [0.1, 0.15) is 54.3 Å². The van der Waals surface area contributed by atoms with E-state index in [1.807, 2.05) is 0 Å². The third-order valence-electron chi connectivity index (χ3n) is 4.15. The number of esters is 1. The Bertz CT molecular complexity index is 1000. The zero-order valence-electron chi connectivity index (χ0n) is 19.3. The molecular formula is C23H29BrN4O6. The number of methoxy groups -OCH3 is 1. The zero-order valence-corrected chi connectivity index (χ0v) is 20.9. The maximum atomic E-state index is 11.7. The highest BCUT2D eigenvalue weighted by atomic mass is 79.9. The molecule has 0 aliphatic rings. The van der Waals surface area contributed by atoms with E-state index in [-0.39, 0.29) is 0 Å². The standard InChI is InChI=1S/C13H17BrN2O3.C10H12N2O3/c1-13(2,3)19-12(18)16-10(11(15)17)8-4-6-9(14)7-5-8;1-15-10(14)7-4-2-6(3-5-7)8(11)9(12)13/h4-7,10H,1-3H3,(H2,15,17)(H,16,18);2-5,8H,11H2,1H3,(H2,12,13)/t10-;8-/m11/s1. The molecule has 0 aromatic heterocycles. The van der Waals surface area contributed by atoms with E-state index in [0.29, 0.717) is 16.7 Å². The molecule has 0 bridgehead atoms. The molecule has 0 radical (unpaired) electrons. The molecule has 0 saturated carbocycles. The van der Waals surface area contributed by atoms with E-state index >= 15 is 0 Å².